The summed E-state index contributed by atoms with van der Waals surface area (Å²) in [4.78, 5) is 19.8. The van der Waals surface area contributed by atoms with E-state index in [1.54, 1.807) is 6.20 Å². The summed E-state index contributed by atoms with van der Waals surface area (Å²) in [6.45, 7) is 3.02. The van der Waals surface area contributed by atoms with Gasteiger partial charge in [0.05, 0.1) is 0 Å². The zero-order chi connectivity index (χ0) is 15.9. The Kier molecular flexibility index (Phi) is 5.66. The van der Waals surface area contributed by atoms with Crippen LogP contribution >= 0.6 is 11.6 Å². The molecule has 0 saturated heterocycles. The molecule has 7 heteroatoms. The summed E-state index contributed by atoms with van der Waals surface area (Å²) in [6, 6.07) is 5.43. The van der Waals surface area contributed by atoms with Crippen molar-refractivity contribution in [1.82, 2.24) is 15.3 Å². The van der Waals surface area contributed by atoms with Crippen molar-refractivity contribution < 1.29 is 9.18 Å². The van der Waals surface area contributed by atoms with E-state index < -0.39 is 0 Å². The topological polar surface area (TPSA) is 66.9 Å². The van der Waals surface area contributed by atoms with E-state index >= 15 is 0 Å². The number of nitrogens with zero attached hydrogens (tertiary/aromatic N) is 2. The molecule has 0 fully saturated rings. The van der Waals surface area contributed by atoms with Gasteiger partial charge in [-0.3, -0.25) is 4.79 Å². The van der Waals surface area contributed by atoms with Crippen molar-refractivity contribution >= 4 is 23.3 Å². The number of carbonyl (C=O) groups is 1. The van der Waals surface area contributed by atoms with Crippen molar-refractivity contribution in [3.05, 3.63) is 52.7 Å². The molecule has 0 atom stereocenters. The van der Waals surface area contributed by atoms with Gasteiger partial charge >= 0.3 is 0 Å². The van der Waals surface area contributed by atoms with Gasteiger partial charge in [-0.25, -0.2) is 14.4 Å². The molecule has 0 aliphatic carbocycles. The summed E-state index contributed by atoms with van der Waals surface area (Å²) in [5.41, 5.74) is 1.34. The van der Waals surface area contributed by atoms with Crippen molar-refractivity contribution in [2.45, 2.75) is 13.3 Å². The number of carbonyl (C=O) groups excluding carboxylic acids is 1. The molecule has 0 bridgehead atoms. The lowest BCUT2D eigenvalue weighted by Gasteiger charge is -2.09. The summed E-state index contributed by atoms with van der Waals surface area (Å²) < 4.78 is 12.8. The number of anilines is 1. The standard InChI is InChI=1S/C15H16ClFN4O/c1-10-9-20-15(16)21-13(10)18-7-2-8-19-14(22)11-3-5-12(17)6-4-11/h3-6,9H,2,7-8H2,1H3,(H,19,22)(H,18,20,21). The molecule has 2 aromatic rings. The number of aromatic nitrogens is 2. The number of aryl methyl sites for hydroxylation is 1. The highest BCUT2D eigenvalue weighted by atomic mass is 35.5. The van der Waals surface area contributed by atoms with Gasteiger partial charge in [0.2, 0.25) is 5.28 Å². The molecule has 0 saturated carbocycles. The summed E-state index contributed by atoms with van der Waals surface area (Å²) in [7, 11) is 0. The molecule has 1 amide bonds. The summed E-state index contributed by atoms with van der Waals surface area (Å²) in [5.74, 6) is 0.103. The number of hydrogen-bond acceptors (Lipinski definition) is 4. The molecule has 0 radical (unpaired) electrons. The number of benzene rings is 1. The summed E-state index contributed by atoms with van der Waals surface area (Å²) in [6.07, 6.45) is 2.36. The monoisotopic (exact) mass is 322 g/mol. The van der Waals surface area contributed by atoms with Crippen LogP contribution in [-0.4, -0.2) is 29.0 Å². The van der Waals surface area contributed by atoms with Crippen molar-refractivity contribution in [3.8, 4) is 0 Å². The minimum Gasteiger partial charge on any atom is -0.370 e. The Morgan fingerprint density at radius 1 is 1.27 bits per heavy atom. The van der Waals surface area contributed by atoms with E-state index in [0.717, 1.165) is 5.56 Å². The first-order valence-corrected chi connectivity index (χ1v) is 7.21. The van der Waals surface area contributed by atoms with Crippen LogP contribution in [0.5, 0.6) is 0 Å². The Morgan fingerprint density at radius 2 is 2.00 bits per heavy atom. The fourth-order valence-corrected chi connectivity index (χ4v) is 1.93. The molecule has 5 nitrogen and oxygen atoms in total. The maximum absolute atomic E-state index is 12.8. The third-order valence-electron chi connectivity index (χ3n) is 2.98. The fourth-order valence-electron chi connectivity index (χ4n) is 1.80. The molecule has 116 valence electrons. The highest BCUT2D eigenvalue weighted by Crippen LogP contribution is 2.12. The Morgan fingerprint density at radius 3 is 2.73 bits per heavy atom. The molecule has 2 N–H and O–H groups in total. The predicted octanol–water partition coefficient (Wildman–Crippen LogP) is 2.81. The maximum atomic E-state index is 12.8. The van der Waals surface area contributed by atoms with Crippen molar-refractivity contribution in [3.63, 3.8) is 0 Å². The largest absolute Gasteiger partial charge is 0.370 e. The van der Waals surface area contributed by atoms with E-state index in [0.29, 0.717) is 30.9 Å². The summed E-state index contributed by atoms with van der Waals surface area (Å²) >= 11 is 5.73. The van der Waals surface area contributed by atoms with E-state index in [1.807, 2.05) is 6.92 Å². The Bertz CT molecular complexity index is 648. The number of nitrogens with one attached hydrogen (secondary N) is 2. The highest BCUT2D eigenvalue weighted by Gasteiger charge is 2.05. The van der Waals surface area contributed by atoms with Crippen LogP contribution in [0.2, 0.25) is 5.28 Å². The number of hydrogen-bond donors (Lipinski definition) is 2. The fraction of sp³-hybridized carbons (Fsp3) is 0.267. The van der Waals surface area contributed by atoms with Gasteiger partial charge in [0.1, 0.15) is 11.6 Å². The molecule has 22 heavy (non-hydrogen) atoms. The average Bonchev–Trinajstić information content (AvgIpc) is 2.50. The van der Waals surface area contributed by atoms with Crippen LogP contribution in [0.15, 0.2) is 30.5 Å². The summed E-state index contributed by atoms with van der Waals surface area (Å²) in [5, 5.41) is 6.10. The van der Waals surface area contributed by atoms with Crippen LogP contribution in [0.3, 0.4) is 0 Å². The lowest BCUT2D eigenvalue weighted by atomic mass is 10.2. The minimum absolute atomic E-state index is 0.192. The molecule has 0 unspecified atom stereocenters. The normalized spacial score (nSPS) is 10.3. The van der Waals surface area contributed by atoms with Gasteiger partial charge in [0, 0.05) is 30.4 Å². The lowest BCUT2D eigenvalue weighted by Crippen LogP contribution is -2.25. The third-order valence-corrected chi connectivity index (χ3v) is 3.16. The van der Waals surface area contributed by atoms with Crippen LogP contribution in [0.1, 0.15) is 22.3 Å². The second-order valence-electron chi connectivity index (χ2n) is 4.71. The first-order valence-electron chi connectivity index (χ1n) is 6.83. The van der Waals surface area contributed by atoms with E-state index in [1.165, 1.54) is 24.3 Å². The van der Waals surface area contributed by atoms with E-state index in [9.17, 15) is 9.18 Å². The van der Waals surface area contributed by atoms with Gasteiger partial charge in [0.15, 0.2) is 0 Å². The van der Waals surface area contributed by atoms with Crippen molar-refractivity contribution in [2.75, 3.05) is 18.4 Å². The van der Waals surface area contributed by atoms with E-state index in [4.69, 9.17) is 11.6 Å². The van der Waals surface area contributed by atoms with Gasteiger partial charge in [-0.05, 0) is 49.2 Å². The van der Waals surface area contributed by atoms with E-state index in [-0.39, 0.29) is 17.0 Å². The Labute approximate surface area is 132 Å². The highest BCUT2D eigenvalue weighted by molar-refractivity contribution is 6.28. The SMILES string of the molecule is Cc1cnc(Cl)nc1NCCCNC(=O)c1ccc(F)cc1. The maximum Gasteiger partial charge on any atom is 0.251 e. The van der Waals surface area contributed by atoms with Crippen LogP contribution in [0, 0.1) is 12.7 Å². The molecule has 0 aliphatic rings. The second kappa shape index (κ2) is 7.70. The minimum atomic E-state index is -0.361. The smallest absolute Gasteiger partial charge is 0.251 e. The first-order chi connectivity index (χ1) is 10.6. The number of rotatable bonds is 6. The Hall–Kier alpha value is -2.21. The molecule has 2 rings (SSSR count). The molecular formula is C15H16ClFN4O. The van der Waals surface area contributed by atoms with Gasteiger partial charge < -0.3 is 10.6 Å². The van der Waals surface area contributed by atoms with Crippen LogP contribution in [0.25, 0.3) is 0 Å². The zero-order valence-corrected chi connectivity index (χ0v) is 12.8. The molecule has 0 aliphatic heterocycles. The van der Waals surface area contributed by atoms with Gasteiger partial charge in [0.25, 0.3) is 5.91 Å². The second-order valence-corrected chi connectivity index (χ2v) is 5.05. The molecule has 1 aromatic carbocycles. The van der Waals surface area contributed by atoms with Crippen molar-refractivity contribution in [2.24, 2.45) is 0 Å². The van der Waals surface area contributed by atoms with Crippen LogP contribution in [-0.2, 0) is 0 Å². The molecule has 0 spiro atoms. The number of halogens is 2. The molecule has 1 heterocycles. The van der Waals surface area contributed by atoms with Crippen LogP contribution < -0.4 is 10.6 Å². The third kappa shape index (κ3) is 4.66. The van der Waals surface area contributed by atoms with Crippen molar-refractivity contribution in [1.29, 1.82) is 0 Å². The first kappa shape index (κ1) is 16.2. The molecule has 1 aromatic heterocycles. The van der Waals surface area contributed by atoms with Crippen LogP contribution in [0.4, 0.5) is 10.2 Å². The number of amides is 1. The Balaban J connectivity index is 1.72. The predicted molar refractivity (Wildman–Crippen MR) is 83.6 cm³/mol. The quantitative estimate of drug-likeness (QED) is 0.634. The average molecular weight is 323 g/mol. The van der Waals surface area contributed by atoms with E-state index in [2.05, 4.69) is 20.6 Å². The molecular weight excluding hydrogens is 307 g/mol. The zero-order valence-electron chi connectivity index (χ0n) is 12.1. The van der Waals surface area contributed by atoms with Gasteiger partial charge in [-0.1, -0.05) is 0 Å². The van der Waals surface area contributed by atoms with Gasteiger partial charge in [-0.15, -0.1) is 0 Å². The lowest BCUT2D eigenvalue weighted by molar-refractivity contribution is 0.0953. The van der Waals surface area contributed by atoms with Gasteiger partial charge in [-0.2, -0.15) is 0 Å².